The van der Waals surface area contributed by atoms with Crippen molar-refractivity contribution in [2.24, 2.45) is 13.0 Å². The van der Waals surface area contributed by atoms with Crippen molar-refractivity contribution in [3.8, 4) is 5.75 Å². The summed E-state index contributed by atoms with van der Waals surface area (Å²) in [5.74, 6) is 0.207. The lowest BCUT2D eigenvalue weighted by atomic mass is 9.75. The maximum atomic E-state index is 12.8. The van der Waals surface area contributed by atoms with E-state index in [-0.39, 0.29) is 36.5 Å². The minimum atomic E-state index is -0.308. The summed E-state index contributed by atoms with van der Waals surface area (Å²) >= 11 is 0. The summed E-state index contributed by atoms with van der Waals surface area (Å²) in [6.45, 7) is -0.0592. The number of hydrogen-bond acceptors (Lipinski definition) is 5. The number of aliphatic hydroxyl groups excluding tert-OH is 1. The summed E-state index contributed by atoms with van der Waals surface area (Å²) < 4.78 is 7.07. The predicted molar refractivity (Wildman–Crippen MR) is 92.7 cm³/mol. The molecule has 0 radical (unpaired) electrons. The molecule has 1 aromatic carbocycles. The maximum Gasteiger partial charge on any atom is 0.262 e. The van der Waals surface area contributed by atoms with E-state index in [0.717, 1.165) is 5.56 Å². The Labute approximate surface area is 150 Å². The van der Waals surface area contributed by atoms with Crippen molar-refractivity contribution in [3.63, 3.8) is 0 Å². The molecular weight excluding hydrogens is 336 g/mol. The number of anilines is 1. The number of nitrogens with one attached hydrogen (secondary N) is 2. The summed E-state index contributed by atoms with van der Waals surface area (Å²) in [6, 6.07) is 4.73. The van der Waals surface area contributed by atoms with Crippen molar-refractivity contribution < 1.29 is 19.4 Å². The number of carbonyl (C=O) groups is 2. The largest absolute Gasteiger partial charge is 0.482 e. The van der Waals surface area contributed by atoms with Gasteiger partial charge in [-0.05, 0) is 37.0 Å². The highest BCUT2D eigenvalue weighted by Crippen LogP contribution is 2.38. The van der Waals surface area contributed by atoms with Gasteiger partial charge in [0.2, 0.25) is 0 Å². The number of aliphatic hydroxyl groups is 1. The van der Waals surface area contributed by atoms with Gasteiger partial charge in [-0.1, -0.05) is 0 Å². The molecule has 2 aliphatic rings. The molecule has 2 amide bonds. The molecule has 3 N–H and O–H groups in total. The minimum absolute atomic E-state index is 0.0592. The zero-order valence-corrected chi connectivity index (χ0v) is 14.3. The van der Waals surface area contributed by atoms with Gasteiger partial charge in [0, 0.05) is 24.4 Å². The van der Waals surface area contributed by atoms with Crippen LogP contribution in [0.2, 0.25) is 0 Å². The zero-order chi connectivity index (χ0) is 18.3. The maximum absolute atomic E-state index is 12.8. The van der Waals surface area contributed by atoms with Gasteiger partial charge in [0.05, 0.1) is 24.0 Å². The van der Waals surface area contributed by atoms with Crippen LogP contribution >= 0.6 is 0 Å². The summed E-state index contributed by atoms with van der Waals surface area (Å²) in [6.07, 6.45) is 4.61. The molecule has 1 aliphatic carbocycles. The number of rotatable bonds is 4. The van der Waals surface area contributed by atoms with Crippen molar-refractivity contribution in [1.82, 2.24) is 15.1 Å². The Morgan fingerprint density at radius 2 is 2.27 bits per heavy atom. The van der Waals surface area contributed by atoms with E-state index in [1.165, 1.54) is 0 Å². The average Bonchev–Trinajstić information content (AvgIpc) is 3.02. The lowest BCUT2D eigenvalue weighted by Gasteiger charge is -2.37. The average molecular weight is 356 g/mol. The van der Waals surface area contributed by atoms with Gasteiger partial charge in [-0.15, -0.1) is 0 Å². The lowest BCUT2D eigenvalue weighted by molar-refractivity contribution is -0.118. The quantitative estimate of drug-likeness (QED) is 0.758. The van der Waals surface area contributed by atoms with Gasteiger partial charge in [-0.2, -0.15) is 5.10 Å². The smallest absolute Gasteiger partial charge is 0.262 e. The number of ether oxygens (including phenoxy) is 1. The monoisotopic (exact) mass is 356 g/mol. The molecule has 0 unspecified atom stereocenters. The summed E-state index contributed by atoms with van der Waals surface area (Å²) in [7, 11) is 1.83. The number of benzene rings is 1. The van der Waals surface area contributed by atoms with E-state index in [4.69, 9.17) is 4.74 Å². The fourth-order valence-corrected chi connectivity index (χ4v) is 3.42. The Hall–Kier alpha value is -2.87. The van der Waals surface area contributed by atoms with E-state index >= 15 is 0 Å². The number of amides is 2. The van der Waals surface area contributed by atoms with Crippen LogP contribution < -0.4 is 15.4 Å². The van der Waals surface area contributed by atoms with Crippen LogP contribution in [0.3, 0.4) is 0 Å². The third kappa shape index (κ3) is 3.15. The van der Waals surface area contributed by atoms with E-state index in [1.807, 2.05) is 13.2 Å². The molecule has 2 heterocycles. The second-order valence-corrected chi connectivity index (χ2v) is 6.83. The molecule has 0 bridgehead atoms. The van der Waals surface area contributed by atoms with Crippen molar-refractivity contribution >= 4 is 17.5 Å². The first kappa shape index (κ1) is 16.6. The van der Waals surface area contributed by atoms with E-state index in [9.17, 15) is 14.7 Å². The molecule has 1 saturated carbocycles. The van der Waals surface area contributed by atoms with Crippen LogP contribution in [0, 0.1) is 5.92 Å². The van der Waals surface area contributed by atoms with Gasteiger partial charge in [-0.3, -0.25) is 14.3 Å². The Kier molecular flexibility index (Phi) is 4.12. The van der Waals surface area contributed by atoms with Crippen molar-refractivity contribution in [1.29, 1.82) is 0 Å². The molecular formula is C18H20N4O4. The SMILES string of the molecule is Cn1cc([C@@H](NC(=O)c2ccc3c(c2)OCC(=O)N3)C2CC(O)C2)cn1. The van der Waals surface area contributed by atoms with Gasteiger partial charge >= 0.3 is 0 Å². The predicted octanol–water partition coefficient (Wildman–Crippen LogP) is 0.993. The number of hydrogen-bond donors (Lipinski definition) is 3. The first-order valence-electron chi connectivity index (χ1n) is 8.54. The molecule has 8 nitrogen and oxygen atoms in total. The van der Waals surface area contributed by atoms with Crippen LogP contribution in [0.4, 0.5) is 5.69 Å². The molecule has 8 heteroatoms. The van der Waals surface area contributed by atoms with Crippen molar-refractivity contribution in [3.05, 3.63) is 41.7 Å². The van der Waals surface area contributed by atoms with E-state index in [0.29, 0.717) is 29.8 Å². The topological polar surface area (TPSA) is 105 Å². The minimum Gasteiger partial charge on any atom is -0.482 e. The highest BCUT2D eigenvalue weighted by molar-refractivity contribution is 5.99. The van der Waals surface area contributed by atoms with E-state index < -0.39 is 0 Å². The normalized spacial score (nSPS) is 22.5. The fraction of sp³-hybridized carbons (Fsp3) is 0.389. The third-order valence-electron chi connectivity index (χ3n) is 4.87. The van der Waals surface area contributed by atoms with Gasteiger partial charge in [0.1, 0.15) is 5.75 Å². The molecule has 1 fully saturated rings. The van der Waals surface area contributed by atoms with Crippen LogP contribution in [0.1, 0.15) is 34.8 Å². The first-order chi connectivity index (χ1) is 12.5. The standard InChI is InChI=1S/C18H20N4O4/c1-22-8-12(7-19-22)17(11-4-13(23)5-11)21-18(25)10-2-3-14-15(6-10)26-9-16(24)20-14/h2-3,6-8,11,13,17,23H,4-5,9H2,1H3,(H,20,24)(H,21,25)/t11?,13?,17-/m0/s1. The van der Waals surface area contributed by atoms with Gasteiger partial charge in [-0.25, -0.2) is 0 Å². The molecule has 26 heavy (non-hydrogen) atoms. The van der Waals surface area contributed by atoms with Gasteiger partial charge in [0.25, 0.3) is 11.8 Å². The van der Waals surface area contributed by atoms with Crippen LogP contribution in [0.15, 0.2) is 30.6 Å². The molecule has 1 aromatic heterocycles. The van der Waals surface area contributed by atoms with E-state index in [1.54, 1.807) is 29.1 Å². The summed E-state index contributed by atoms with van der Waals surface area (Å²) in [5, 5.41) is 19.6. The number of aromatic nitrogens is 2. The third-order valence-corrected chi connectivity index (χ3v) is 4.87. The Morgan fingerprint density at radius 3 is 2.96 bits per heavy atom. The van der Waals surface area contributed by atoms with Gasteiger partial charge in [0.15, 0.2) is 6.61 Å². The van der Waals surface area contributed by atoms with Crippen LogP contribution in [0.5, 0.6) is 5.75 Å². The number of carbonyl (C=O) groups excluding carboxylic acids is 2. The molecule has 4 rings (SSSR count). The van der Waals surface area contributed by atoms with Crippen LogP contribution in [-0.2, 0) is 11.8 Å². The lowest BCUT2D eigenvalue weighted by Crippen LogP contribution is -2.41. The number of aryl methyl sites for hydroxylation is 1. The molecule has 1 aliphatic heterocycles. The highest BCUT2D eigenvalue weighted by Gasteiger charge is 2.36. The van der Waals surface area contributed by atoms with Crippen LogP contribution in [0.25, 0.3) is 0 Å². The zero-order valence-electron chi connectivity index (χ0n) is 14.3. The van der Waals surface area contributed by atoms with Crippen molar-refractivity contribution in [2.45, 2.75) is 25.0 Å². The molecule has 136 valence electrons. The van der Waals surface area contributed by atoms with Crippen molar-refractivity contribution in [2.75, 3.05) is 11.9 Å². The molecule has 1 atom stereocenters. The molecule has 0 saturated heterocycles. The summed E-state index contributed by atoms with van der Waals surface area (Å²) in [4.78, 5) is 24.1. The van der Waals surface area contributed by atoms with Crippen LogP contribution in [-0.4, -0.2) is 39.4 Å². The fourth-order valence-electron chi connectivity index (χ4n) is 3.42. The second-order valence-electron chi connectivity index (χ2n) is 6.83. The number of fused-ring (bicyclic) bond motifs is 1. The molecule has 2 aromatic rings. The Bertz CT molecular complexity index is 857. The first-order valence-corrected chi connectivity index (χ1v) is 8.54. The highest BCUT2D eigenvalue weighted by atomic mass is 16.5. The summed E-state index contributed by atoms with van der Waals surface area (Å²) in [5.41, 5.74) is 1.93. The number of nitrogens with zero attached hydrogens (tertiary/aromatic N) is 2. The second kappa shape index (κ2) is 6.45. The molecule has 0 spiro atoms. The van der Waals surface area contributed by atoms with E-state index in [2.05, 4.69) is 15.7 Å². The Morgan fingerprint density at radius 1 is 1.46 bits per heavy atom. The van der Waals surface area contributed by atoms with Gasteiger partial charge < -0.3 is 20.5 Å². The Balaban J connectivity index is 1.54.